The van der Waals surface area contributed by atoms with E-state index in [-0.39, 0.29) is 17.3 Å². The molecule has 2 aromatic rings. The first kappa shape index (κ1) is 21.6. The Morgan fingerprint density at radius 3 is 2.17 bits per heavy atom. The number of halogens is 1. The van der Waals surface area contributed by atoms with Crippen molar-refractivity contribution in [2.45, 2.75) is 4.90 Å². The van der Waals surface area contributed by atoms with Gasteiger partial charge in [-0.25, -0.2) is 8.42 Å². The molecule has 0 radical (unpaired) electrons. The predicted octanol–water partition coefficient (Wildman–Crippen LogP) is 2.43. The van der Waals surface area contributed by atoms with Gasteiger partial charge in [-0.15, -0.1) is 0 Å². The first-order valence-corrected chi connectivity index (χ1v) is 11.4. The fourth-order valence-corrected chi connectivity index (χ4v) is 4.55. The molecule has 9 heteroatoms. The highest BCUT2D eigenvalue weighted by Crippen LogP contribution is 2.21. The lowest BCUT2D eigenvalue weighted by atomic mass is 10.2. The van der Waals surface area contributed by atoms with E-state index in [2.05, 4.69) is 20.8 Å². The first-order valence-electron chi connectivity index (χ1n) is 9.20. The van der Waals surface area contributed by atoms with Crippen molar-refractivity contribution in [1.82, 2.24) is 9.21 Å². The number of benzene rings is 2. The van der Waals surface area contributed by atoms with Crippen molar-refractivity contribution in [3.8, 4) is 5.75 Å². The van der Waals surface area contributed by atoms with Gasteiger partial charge in [0.1, 0.15) is 5.75 Å². The molecule has 0 spiro atoms. The lowest BCUT2D eigenvalue weighted by Crippen LogP contribution is -2.51. The molecule has 0 bridgehead atoms. The smallest absolute Gasteiger partial charge is 0.243 e. The van der Waals surface area contributed by atoms with Crippen LogP contribution < -0.4 is 9.64 Å². The van der Waals surface area contributed by atoms with E-state index < -0.39 is 10.0 Å². The second-order valence-electron chi connectivity index (χ2n) is 6.78. The summed E-state index contributed by atoms with van der Waals surface area (Å²) in [7, 11) is -0.641. The molecule has 29 heavy (non-hydrogen) atoms. The van der Waals surface area contributed by atoms with E-state index in [0.717, 1.165) is 20.2 Å². The molecule has 7 nitrogen and oxygen atoms in total. The van der Waals surface area contributed by atoms with Gasteiger partial charge in [0.15, 0.2) is 0 Å². The Bertz CT molecular complexity index is 941. The van der Waals surface area contributed by atoms with Gasteiger partial charge in [0, 0.05) is 43.4 Å². The Morgan fingerprint density at radius 2 is 1.62 bits per heavy atom. The summed E-state index contributed by atoms with van der Waals surface area (Å²) < 4.78 is 32.4. The molecule has 1 fully saturated rings. The van der Waals surface area contributed by atoms with Crippen molar-refractivity contribution < 1.29 is 17.9 Å². The van der Waals surface area contributed by atoms with Gasteiger partial charge in [0.2, 0.25) is 15.9 Å². The van der Waals surface area contributed by atoms with Crippen LogP contribution in [0.25, 0.3) is 0 Å². The maximum absolute atomic E-state index is 12.7. The van der Waals surface area contributed by atoms with Crippen LogP contribution in [0.15, 0.2) is 57.9 Å². The van der Waals surface area contributed by atoms with Crippen LogP contribution >= 0.6 is 15.9 Å². The van der Waals surface area contributed by atoms with E-state index in [1.165, 1.54) is 19.2 Å². The summed E-state index contributed by atoms with van der Waals surface area (Å²) in [5, 5.41) is 0. The van der Waals surface area contributed by atoms with Gasteiger partial charge in [-0.2, -0.15) is 4.31 Å². The Balaban J connectivity index is 1.56. The first-order chi connectivity index (χ1) is 13.8. The molecule has 1 heterocycles. The van der Waals surface area contributed by atoms with Crippen LogP contribution in [-0.4, -0.2) is 70.4 Å². The van der Waals surface area contributed by atoms with Crippen molar-refractivity contribution in [3.63, 3.8) is 0 Å². The number of likely N-dealkylation sites (N-methyl/N-ethyl adjacent to an activating group) is 1. The number of piperazine rings is 1. The van der Waals surface area contributed by atoms with Crippen molar-refractivity contribution >= 4 is 37.5 Å². The number of anilines is 1. The second kappa shape index (κ2) is 9.15. The van der Waals surface area contributed by atoms with Crippen LogP contribution in [-0.2, 0) is 14.8 Å². The minimum atomic E-state index is -3.71. The standard InChI is InChI=1S/C20H24BrN3O4S/c1-22(29(26,27)19-9-3-16(21)4-10-19)15-20(25)24-13-11-23(12-14-24)17-5-7-18(28-2)8-6-17/h3-10H,11-15H2,1-2H3. The minimum Gasteiger partial charge on any atom is -0.497 e. The van der Waals surface area contributed by atoms with E-state index in [1.54, 1.807) is 24.1 Å². The monoisotopic (exact) mass is 481 g/mol. The number of sulfonamides is 1. The molecule has 0 unspecified atom stereocenters. The lowest BCUT2D eigenvalue weighted by Gasteiger charge is -2.36. The third-order valence-electron chi connectivity index (χ3n) is 4.95. The molecule has 0 atom stereocenters. The third-order valence-corrected chi connectivity index (χ3v) is 7.30. The maximum atomic E-state index is 12.7. The van der Waals surface area contributed by atoms with Crippen molar-refractivity contribution in [3.05, 3.63) is 53.0 Å². The molecular weight excluding hydrogens is 458 g/mol. The number of nitrogens with zero attached hydrogens (tertiary/aromatic N) is 3. The summed E-state index contributed by atoms with van der Waals surface area (Å²) in [5.74, 6) is 0.611. The number of methoxy groups -OCH3 is 1. The molecule has 0 saturated carbocycles. The average molecular weight is 482 g/mol. The van der Waals surface area contributed by atoms with Crippen LogP contribution in [0.3, 0.4) is 0 Å². The van der Waals surface area contributed by atoms with E-state index in [0.29, 0.717) is 26.2 Å². The van der Waals surface area contributed by atoms with Crippen LogP contribution in [0.1, 0.15) is 0 Å². The zero-order chi connectivity index (χ0) is 21.0. The average Bonchev–Trinajstić information content (AvgIpc) is 2.74. The molecule has 3 rings (SSSR count). The zero-order valence-electron chi connectivity index (χ0n) is 16.4. The third kappa shape index (κ3) is 5.09. The number of ether oxygens (including phenoxy) is 1. The SMILES string of the molecule is COc1ccc(N2CCN(C(=O)CN(C)S(=O)(=O)c3ccc(Br)cc3)CC2)cc1. The summed E-state index contributed by atoms with van der Waals surface area (Å²) in [6.45, 7) is 2.32. The fourth-order valence-electron chi connectivity index (χ4n) is 3.17. The Hall–Kier alpha value is -2.10. The Morgan fingerprint density at radius 1 is 1.03 bits per heavy atom. The molecule has 1 amide bonds. The number of amides is 1. The number of carbonyl (C=O) groups is 1. The maximum Gasteiger partial charge on any atom is 0.243 e. The van der Waals surface area contributed by atoms with E-state index in [9.17, 15) is 13.2 Å². The van der Waals surface area contributed by atoms with E-state index in [1.807, 2.05) is 24.3 Å². The minimum absolute atomic E-state index is 0.167. The fraction of sp³-hybridized carbons (Fsp3) is 0.350. The van der Waals surface area contributed by atoms with Crippen LogP contribution in [0, 0.1) is 0 Å². The van der Waals surface area contributed by atoms with Crippen molar-refractivity contribution in [2.75, 3.05) is 51.8 Å². The van der Waals surface area contributed by atoms with Crippen LogP contribution in [0.2, 0.25) is 0 Å². The molecule has 1 saturated heterocycles. The highest BCUT2D eigenvalue weighted by Gasteiger charge is 2.27. The molecular formula is C20H24BrN3O4S. The molecule has 2 aromatic carbocycles. The summed E-state index contributed by atoms with van der Waals surface area (Å²) in [4.78, 5) is 16.7. The van der Waals surface area contributed by atoms with Gasteiger partial charge in [-0.05, 0) is 48.5 Å². The molecule has 0 N–H and O–H groups in total. The van der Waals surface area contributed by atoms with E-state index >= 15 is 0 Å². The Labute approximate surface area is 180 Å². The van der Waals surface area contributed by atoms with Gasteiger partial charge >= 0.3 is 0 Å². The number of carbonyl (C=O) groups excluding carboxylic acids is 1. The molecule has 0 aliphatic carbocycles. The van der Waals surface area contributed by atoms with Gasteiger partial charge in [0.25, 0.3) is 0 Å². The van der Waals surface area contributed by atoms with Crippen LogP contribution in [0.5, 0.6) is 5.75 Å². The zero-order valence-corrected chi connectivity index (χ0v) is 18.8. The van der Waals surface area contributed by atoms with Crippen molar-refractivity contribution in [2.24, 2.45) is 0 Å². The normalized spacial score (nSPS) is 14.9. The second-order valence-corrected chi connectivity index (χ2v) is 9.74. The number of hydrogen-bond donors (Lipinski definition) is 0. The Kier molecular flexibility index (Phi) is 6.81. The van der Waals surface area contributed by atoms with E-state index in [4.69, 9.17) is 4.74 Å². The largest absolute Gasteiger partial charge is 0.497 e. The van der Waals surface area contributed by atoms with Gasteiger partial charge in [-0.3, -0.25) is 4.79 Å². The molecule has 0 aromatic heterocycles. The number of hydrogen-bond acceptors (Lipinski definition) is 5. The highest BCUT2D eigenvalue weighted by molar-refractivity contribution is 9.10. The van der Waals surface area contributed by atoms with Gasteiger partial charge < -0.3 is 14.5 Å². The number of rotatable bonds is 6. The summed E-state index contributed by atoms with van der Waals surface area (Å²) in [6.07, 6.45) is 0. The molecule has 1 aliphatic heterocycles. The predicted molar refractivity (Wildman–Crippen MR) is 116 cm³/mol. The van der Waals surface area contributed by atoms with Crippen LogP contribution in [0.4, 0.5) is 5.69 Å². The quantitative estimate of drug-likeness (QED) is 0.633. The molecule has 1 aliphatic rings. The summed E-state index contributed by atoms with van der Waals surface area (Å²) in [5.41, 5.74) is 1.08. The van der Waals surface area contributed by atoms with Gasteiger partial charge in [-0.1, -0.05) is 15.9 Å². The highest BCUT2D eigenvalue weighted by atomic mass is 79.9. The summed E-state index contributed by atoms with van der Waals surface area (Å²) in [6, 6.07) is 14.2. The lowest BCUT2D eigenvalue weighted by molar-refractivity contribution is -0.131. The van der Waals surface area contributed by atoms with Gasteiger partial charge in [0.05, 0.1) is 18.6 Å². The van der Waals surface area contributed by atoms with Crippen molar-refractivity contribution in [1.29, 1.82) is 0 Å². The topological polar surface area (TPSA) is 70.2 Å². The molecule has 156 valence electrons. The summed E-state index contributed by atoms with van der Waals surface area (Å²) >= 11 is 3.29.